The molecule has 0 saturated carbocycles. The van der Waals surface area contributed by atoms with Gasteiger partial charge in [-0.2, -0.15) is 0 Å². The van der Waals surface area contributed by atoms with E-state index in [0.29, 0.717) is 0 Å². The third-order valence-corrected chi connectivity index (χ3v) is 2.55. The van der Waals surface area contributed by atoms with Gasteiger partial charge in [0.05, 0.1) is 0 Å². The molecule has 0 fully saturated rings. The van der Waals surface area contributed by atoms with Crippen LogP contribution in [0.2, 0.25) is 5.02 Å². The topological polar surface area (TPSA) is 12.0 Å². The van der Waals surface area contributed by atoms with Crippen LogP contribution in [0.4, 0.5) is 0 Å². The number of rotatable bonds is 4. The summed E-state index contributed by atoms with van der Waals surface area (Å²) in [6.07, 6.45) is 6.91. The van der Waals surface area contributed by atoms with Crippen LogP contribution in [-0.2, 0) is 0 Å². The van der Waals surface area contributed by atoms with Crippen LogP contribution < -0.4 is 5.32 Å². The highest BCUT2D eigenvalue weighted by Gasteiger charge is 2.10. The predicted molar refractivity (Wildman–Crippen MR) is 61.3 cm³/mol. The maximum absolute atomic E-state index is 6.09. The molecule has 1 aromatic carbocycles. The molecule has 0 bridgehead atoms. The molecule has 1 nitrogen and oxygen atoms in total. The van der Waals surface area contributed by atoms with Gasteiger partial charge < -0.3 is 5.32 Å². The summed E-state index contributed by atoms with van der Waals surface area (Å²) in [6.45, 7) is 0. The van der Waals surface area contributed by atoms with Gasteiger partial charge in [0, 0.05) is 17.5 Å². The maximum Gasteiger partial charge on any atom is 0.0453 e. The lowest BCUT2D eigenvalue weighted by Crippen LogP contribution is -2.16. The zero-order chi connectivity index (χ0) is 10.4. The van der Waals surface area contributed by atoms with Gasteiger partial charge in [0.25, 0.3) is 0 Å². The van der Waals surface area contributed by atoms with Gasteiger partial charge in [0.2, 0.25) is 0 Å². The summed E-state index contributed by atoms with van der Waals surface area (Å²) in [6, 6.07) is 8.10. The number of hydrogen-bond acceptors (Lipinski definition) is 1. The fourth-order valence-electron chi connectivity index (χ4n) is 1.44. The standard InChI is InChI=1S/C12H14ClN/c1-3-4-9-12(14-2)10-7-5-6-8-11(10)13/h1,5-8,12,14H,4,9H2,2H3. The van der Waals surface area contributed by atoms with Gasteiger partial charge in [-0.15, -0.1) is 12.3 Å². The molecule has 1 aromatic rings. The van der Waals surface area contributed by atoms with E-state index in [0.717, 1.165) is 23.4 Å². The molecule has 1 N–H and O–H groups in total. The van der Waals surface area contributed by atoms with E-state index < -0.39 is 0 Å². The van der Waals surface area contributed by atoms with Crippen LogP contribution in [-0.4, -0.2) is 7.05 Å². The van der Waals surface area contributed by atoms with E-state index in [9.17, 15) is 0 Å². The largest absolute Gasteiger partial charge is 0.313 e. The van der Waals surface area contributed by atoms with Crippen LogP contribution in [0.25, 0.3) is 0 Å². The van der Waals surface area contributed by atoms with Crippen LogP contribution in [0.1, 0.15) is 24.4 Å². The van der Waals surface area contributed by atoms with E-state index in [4.69, 9.17) is 18.0 Å². The third-order valence-electron chi connectivity index (χ3n) is 2.21. The van der Waals surface area contributed by atoms with Crippen LogP contribution >= 0.6 is 11.6 Å². The first-order chi connectivity index (χ1) is 6.79. The van der Waals surface area contributed by atoms with Crippen LogP contribution in [0.5, 0.6) is 0 Å². The Bertz CT molecular complexity index is 327. The fraction of sp³-hybridized carbons (Fsp3) is 0.333. The van der Waals surface area contributed by atoms with Crippen LogP contribution in [0, 0.1) is 12.3 Å². The molecule has 1 unspecified atom stereocenters. The van der Waals surface area contributed by atoms with Crippen molar-refractivity contribution in [3.63, 3.8) is 0 Å². The molecule has 0 aliphatic heterocycles. The average molecular weight is 208 g/mol. The van der Waals surface area contributed by atoms with Crippen molar-refractivity contribution in [2.75, 3.05) is 7.05 Å². The van der Waals surface area contributed by atoms with Gasteiger partial charge in [-0.1, -0.05) is 29.8 Å². The van der Waals surface area contributed by atoms with E-state index in [1.165, 1.54) is 0 Å². The van der Waals surface area contributed by atoms with Gasteiger partial charge in [0.1, 0.15) is 0 Å². The number of benzene rings is 1. The number of hydrogen-bond donors (Lipinski definition) is 1. The molecule has 14 heavy (non-hydrogen) atoms. The highest BCUT2D eigenvalue weighted by molar-refractivity contribution is 6.31. The lowest BCUT2D eigenvalue weighted by molar-refractivity contribution is 0.559. The molecule has 1 rings (SSSR count). The number of halogens is 1. The monoisotopic (exact) mass is 207 g/mol. The van der Waals surface area contributed by atoms with Gasteiger partial charge in [-0.05, 0) is 25.1 Å². The molecule has 0 saturated heterocycles. The molecular weight excluding hydrogens is 194 g/mol. The van der Waals surface area contributed by atoms with Crippen molar-refractivity contribution < 1.29 is 0 Å². The fourth-order valence-corrected chi connectivity index (χ4v) is 1.71. The Morgan fingerprint density at radius 2 is 2.21 bits per heavy atom. The highest BCUT2D eigenvalue weighted by atomic mass is 35.5. The second-order valence-corrected chi connectivity index (χ2v) is 3.51. The molecule has 74 valence electrons. The molecule has 0 heterocycles. The Morgan fingerprint density at radius 3 is 2.79 bits per heavy atom. The first-order valence-electron chi connectivity index (χ1n) is 4.64. The minimum Gasteiger partial charge on any atom is -0.313 e. The maximum atomic E-state index is 6.09. The SMILES string of the molecule is C#CCCC(NC)c1ccccc1Cl. The van der Waals surface area contributed by atoms with E-state index in [1.54, 1.807) is 0 Å². The van der Waals surface area contributed by atoms with E-state index in [-0.39, 0.29) is 6.04 Å². The average Bonchev–Trinajstić information content (AvgIpc) is 2.21. The summed E-state index contributed by atoms with van der Waals surface area (Å²) in [5, 5.41) is 4.01. The Hall–Kier alpha value is -0.970. The van der Waals surface area contributed by atoms with Gasteiger partial charge >= 0.3 is 0 Å². The molecule has 1 atom stereocenters. The molecule has 0 spiro atoms. The summed E-state index contributed by atoms with van der Waals surface area (Å²) in [5.74, 6) is 2.64. The molecule has 0 radical (unpaired) electrons. The summed E-state index contributed by atoms with van der Waals surface area (Å²) in [7, 11) is 1.92. The van der Waals surface area contributed by atoms with Crippen molar-refractivity contribution >= 4 is 11.6 Å². The predicted octanol–water partition coefficient (Wildman–Crippen LogP) is 3.01. The normalized spacial score (nSPS) is 12.1. The van der Waals surface area contributed by atoms with E-state index >= 15 is 0 Å². The van der Waals surface area contributed by atoms with Crippen molar-refractivity contribution in [1.82, 2.24) is 5.32 Å². The summed E-state index contributed by atoms with van der Waals surface area (Å²) in [5.41, 5.74) is 1.12. The van der Waals surface area contributed by atoms with Crippen LogP contribution in [0.15, 0.2) is 24.3 Å². The van der Waals surface area contributed by atoms with Crippen molar-refractivity contribution in [3.8, 4) is 12.3 Å². The molecule has 0 aliphatic carbocycles. The van der Waals surface area contributed by atoms with E-state index in [1.807, 2.05) is 31.3 Å². The first kappa shape index (κ1) is 11.1. The van der Waals surface area contributed by atoms with Crippen molar-refractivity contribution in [2.24, 2.45) is 0 Å². The van der Waals surface area contributed by atoms with Crippen molar-refractivity contribution in [3.05, 3.63) is 34.9 Å². The first-order valence-corrected chi connectivity index (χ1v) is 5.02. The molecule has 2 heteroatoms. The van der Waals surface area contributed by atoms with Crippen molar-refractivity contribution in [2.45, 2.75) is 18.9 Å². The molecule has 0 amide bonds. The molecular formula is C12H14ClN. The lowest BCUT2D eigenvalue weighted by atomic mass is 10.0. The second-order valence-electron chi connectivity index (χ2n) is 3.11. The number of terminal acetylenes is 1. The summed E-state index contributed by atoms with van der Waals surface area (Å²) < 4.78 is 0. The zero-order valence-corrected chi connectivity index (χ0v) is 9.01. The Morgan fingerprint density at radius 1 is 1.50 bits per heavy atom. The smallest absolute Gasteiger partial charge is 0.0453 e. The highest BCUT2D eigenvalue weighted by Crippen LogP contribution is 2.25. The van der Waals surface area contributed by atoms with Crippen LogP contribution in [0.3, 0.4) is 0 Å². The zero-order valence-electron chi connectivity index (χ0n) is 8.26. The summed E-state index contributed by atoms with van der Waals surface area (Å²) >= 11 is 6.09. The minimum absolute atomic E-state index is 0.250. The molecule has 0 aromatic heterocycles. The van der Waals surface area contributed by atoms with Gasteiger partial charge in [-0.25, -0.2) is 0 Å². The summed E-state index contributed by atoms with van der Waals surface area (Å²) in [4.78, 5) is 0. The Kier molecular flexibility index (Phi) is 4.52. The minimum atomic E-state index is 0.250. The van der Waals surface area contributed by atoms with Gasteiger partial charge in [0.15, 0.2) is 0 Å². The molecule has 0 aliphatic rings. The third kappa shape index (κ3) is 2.77. The van der Waals surface area contributed by atoms with Crippen molar-refractivity contribution in [1.29, 1.82) is 0 Å². The van der Waals surface area contributed by atoms with E-state index in [2.05, 4.69) is 11.2 Å². The number of nitrogens with one attached hydrogen (secondary N) is 1. The second kappa shape index (κ2) is 5.70. The quantitative estimate of drug-likeness (QED) is 0.749. The lowest BCUT2D eigenvalue weighted by Gasteiger charge is -2.16. The Balaban J connectivity index is 2.79. The van der Waals surface area contributed by atoms with Gasteiger partial charge in [-0.3, -0.25) is 0 Å². The Labute approximate surface area is 90.5 Å².